The number of aliphatic carboxylic acids is 1. The number of hydrogen-bond acceptors (Lipinski definition) is 4. The molecule has 0 radical (unpaired) electrons. The van der Waals surface area contributed by atoms with Crippen LogP contribution >= 0.6 is 15.9 Å². The van der Waals surface area contributed by atoms with Crippen LogP contribution < -0.4 is 0 Å². The van der Waals surface area contributed by atoms with Gasteiger partial charge >= 0.3 is 11.9 Å². The zero-order valence-corrected chi connectivity index (χ0v) is 20.7. The van der Waals surface area contributed by atoms with E-state index >= 15 is 0 Å². The van der Waals surface area contributed by atoms with Gasteiger partial charge in [0.25, 0.3) is 0 Å². The fraction of sp³-hybridized carbons (Fsp3) is 0.370. The van der Waals surface area contributed by atoms with E-state index in [9.17, 15) is 24.6 Å². The van der Waals surface area contributed by atoms with Crippen LogP contribution in [0.4, 0.5) is 0 Å². The first-order valence-corrected chi connectivity index (χ1v) is 12.6. The highest BCUT2D eigenvalue weighted by molar-refractivity contribution is 9.10. The fourth-order valence-electron chi connectivity index (χ4n) is 5.13. The molecule has 0 aliphatic heterocycles. The van der Waals surface area contributed by atoms with Crippen LogP contribution in [0, 0.1) is 11.3 Å². The molecular weight excluding hydrogens is 514 g/mol. The van der Waals surface area contributed by atoms with E-state index in [1.54, 1.807) is 23.1 Å². The third-order valence-corrected chi connectivity index (χ3v) is 8.00. The molecule has 8 heteroatoms. The average molecular weight is 540 g/mol. The van der Waals surface area contributed by atoms with E-state index < -0.39 is 17.4 Å². The minimum Gasteiger partial charge on any atom is -0.481 e. The van der Waals surface area contributed by atoms with Gasteiger partial charge in [-0.05, 0) is 65.4 Å². The van der Waals surface area contributed by atoms with Crippen molar-refractivity contribution < 1.29 is 29.0 Å². The summed E-state index contributed by atoms with van der Waals surface area (Å²) in [7, 11) is 0. The normalized spacial score (nSPS) is 16.9. The molecule has 0 atom stereocenters. The van der Waals surface area contributed by atoms with Crippen LogP contribution in [-0.2, 0) is 16.1 Å². The summed E-state index contributed by atoms with van der Waals surface area (Å²) in [5.74, 6) is -1.41. The highest BCUT2D eigenvalue weighted by Crippen LogP contribution is 2.42. The van der Waals surface area contributed by atoms with Crippen LogP contribution in [0.3, 0.4) is 0 Å². The van der Waals surface area contributed by atoms with E-state index in [1.165, 1.54) is 6.07 Å². The van der Waals surface area contributed by atoms with Gasteiger partial charge in [0.2, 0.25) is 5.91 Å². The van der Waals surface area contributed by atoms with E-state index in [-0.39, 0.29) is 23.9 Å². The van der Waals surface area contributed by atoms with Gasteiger partial charge in [-0.2, -0.15) is 0 Å². The maximum atomic E-state index is 13.1. The number of rotatable bonds is 8. The number of amides is 1. The summed E-state index contributed by atoms with van der Waals surface area (Å²) in [4.78, 5) is 38.7. The number of carbonyl (C=O) groups is 3. The molecular formula is C27H26BrNO6. The monoisotopic (exact) mass is 539 g/mol. The maximum absolute atomic E-state index is 13.1. The van der Waals surface area contributed by atoms with Gasteiger partial charge in [0, 0.05) is 30.0 Å². The number of nitrogens with zero attached hydrogens (tertiary/aromatic N) is 1. The second-order valence-corrected chi connectivity index (χ2v) is 10.5. The van der Waals surface area contributed by atoms with Gasteiger partial charge in [-0.1, -0.05) is 37.1 Å². The Morgan fingerprint density at radius 2 is 1.77 bits per heavy atom. The fourth-order valence-corrected chi connectivity index (χ4v) is 5.74. The summed E-state index contributed by atoms with van der Waals surface area (Å²) in [5.41, 5.74) is 1.20. The quantitative estimate of drug-likeness (QED) is 0.366. The molecule has 0 spiro atoms. The predicted molar refractivity (Wildman–Crippen MR) is 133 cm³/mol. The van der Waals surface area contributed by atoms with Crippen molar-refractivity contribution in [3.05, 3.63) is 58.1 Å². The third-order valence-electron chi connectivity index (χ3n) is 7.21. The van der Waals surface area contributed by atoms with E-state index in [4.69, 9.17) is 4.42 Å². The topological polar surface area (TPSA) is 108 Å². The predicted octanol–water partition coefficient (Wildman–Crippen LogP) is 5.94. The Bertz CT molecular complexity index is 1320. The number of fused-ring (bicyclic) bond motifs is 1. The van der Waals surface area contributed by atoms with Gasteiger partial charge in [-0.15, -0.1) is 0 Å². The molecule has 3 aromatic rings. The minimum atomic E-state index is -1.04. The second-order valence-electron chi connectivity index (χ2n) is 9.69. The van der Waals surface area contributed by atoms with Crippen LogP contribution in [0.15, 0.2) is 51.4 Å². The molecule has 35 heavy (non-hydrogen) atoms. The Labute approximate surface area is 210 Å². The summed E-state index contributed by atoms with van der Waals surface area (Å²) in [6.07, 6.45) is 4.63. The molecule has 0 saturated heterocycles. The van der Waals surface area contributed by atoms with Gasteiger partial charge in [-0.3, -0.25) is 9.59 Å². The van der Waals surface area contributed by atoms with Gasteiger partial charge < -0.3 is 19.5 Å². The molecule has 1 amide bonds. The minimum absolute atomic E-state index is 0.00855. The SMILES string of the molecule is O=C(O)c1ccccc1-c1oc2ccc(CN(CC3(C(=O)O)CCCC3)C(=O)C3CC3)cc2c1Br. The summed E-state index contributed by atoms with van der Waals surface area (Å²) in [6.45, 7) is 0.540. The highest BCUT2D eigenvalue weighted by Gasteiger charge is 2.45. The zero-order valence-electron chi connectivity index (χ0n) is 19.1. The molecule has 1 aromatic heterocycles. The molecule has 0 bridgehead atoms. The van der Waals surface area contributed by atoms with Crippen molar-refractivity contribution in [1.29, 1.82) is 0 Å². The molecule has 2 aliphatic rings. The molecule has 7 nitrogen and oxygen atoms in total. The molecule has 2 fully saturated rings. The van der Waals surface area contributed by atoms with Crippen molar-refractivity contribution in [2.75, 3.05) is 6.54 Å². The first-order chi connectivity index (χ1) is 16.8. The number of hydrogen-bond donors (Lipinski definition) is 2. The first-order valence-electron chi connectivity index (χ1n) is 11.8. The lowest BCUT2D eigenvalue weighted by Crippen LogP contribution is -2.44. The number of carboxylic acid groups (broad SMARTS) is 2. The Kier molecular flexibility index (Phi) is 6.17. The Morgan fingerprint density at radius 3 is 2.43 bits per heavy atom. The number of carboxylic acids is 2. The van der Waals surface area contributed by atoms with Crippen molar-refractivity contribution >= 4 is 44.7 Å². The molecule has 0 unspecified atom stereocenters. The molecule has 2 N–H and O–H groups in total. The number of carbonyl (C=O) groups excluding carboxylic acids is 1. The van der Waals surface area contributed by atoms with E-state index in [2.05, 4.69) is 15.9 Å². The smallest absolute Gasteiger partial charge is 0.336 e. The van der Waals surface area contributed by atoms with Gasteiger partial charge in [0.05, 0.1) is 15.5 Å². The Morgan fingerprint density at radius 1 is 1.06 bits per heavy atom. The zero-order chi connectivity index (χ0) is 24.7. The molecule has 2 aromatic carbocycles. The van der Waals surface area contributed by atoms with Gasteiger partial charge in [0.15, 0.2) is 0 Å². The lowest BCUT2D eigenvalue weighted by molar-refractivity contribution is -0.152. The number of halogens is 1. The Balaban J connectivity index is 1.48. The maximum Gasteiger partial charge on any atom is 0.336 e. The number of furan rings is 1. The first kappa shape index (κ1) is 23.6. The largest absolute Gasteiger partial charge is 0.481 e. The van der Waals surface area contributed by atoms with Crippen LogP contribution in [0.5, 0.6) is 0 Å². The summed E-state index contributed by atoms with van der Waals surface area (Å²) >= 11 is 3.59. The van der Waals surface area contributed by atoms with Crippen molar-refractivity contribution in [2.45, 2.75) is 45.1 Å². The van der Waals surface area contributed by atoms with Crippen LogP contribution in [0.2, 0.25) is 0 Å². The highest BCUT2D eigenvalue weighted by atomic mass is 79.9. The molecule has 2 saturated carbocycles. The van der Waals surface area contributed by atoms with Crippen LogP contribution in [0.25, 0.3) is 22.3 Å². The van der Waals surface area contributed by atoms with E-state index in [0.29, 0.717) is 40.8 Å². The number of aromatic carboxylic acids is 1. The molecule has 1 heterocycles. The standard InChI is InChI=1S/C27H26BrNO6/c28-22-20-13-16(7-10-21(20)35-23(22)18-5-1-2-6-19(18)25(31)32)14-29(24(30)17-8-9-17)15-27(26(33)34)11-3-4-12-27/h1-2,5-7,10,13,17H,3-4,8-9,11-12,14-15H2,(H,31,32)(H,33,34). The van der Waals surface area contributed by atoms with Crippen LogP contribution in [0.1, 0.15) is 54.4 Å². The summed E-state index contributed by atoms with van der Waals surface area (Å²) in [5, 5.41) is 20.3. The lowest BCUT2D eigenvalue weighted by Gasteiger charge is -2.32. The van der Waals surface area contributed by atoms with Crippen molar-refractivity contribution in [2.24, 2.45) is 11.3 Å². The van der Waals surface area contributed by atoms with Gasteiger partial charge in [0.1, 0.15) is 11.3 Å². The van der Waals surface area contributed by atoms with E-state index in [1.807, 2.05) is 18.2 Å². The second kappa shape index (κ2) is 9.15. The molecule has 182 valence electrons. The number of benzene rings is 2. The van der Waals surface area contributed by atoms with Crippen molar-refractivity contribution in [3.63, 3.8) is 0 Å². The lowest BCUT2D eigenvalue weighted by atomic mass is 9.85. The Hall–Kier alpha value is -3.13. The summed E-state index contributed by atoms with van der Waals surface area (Å²) in [6, 6.07) is 12.3. The van der Waals surface area contributed by atoms with Crippen LogP contribution in [-0.4, -0.2) is 39.5 Å². The van der Waals surface area contributed by atoms with E-state index in [0.717, 1.165) is 36.6 Å². The molecule has 2 aliphatic carbocycles. The van der Waals surface area contributed by atoms with Gasteiger partial charge in [-0.25, -0.2) is 4.79 Å². The molecule has 5 rings (SSSR count). The summed E-state index contributed by atoms with van der Waals surface area (Å²) < 4.78 is 6.66. The van der Waals surface area contributed by atoms with Crippen molar-refractivity contribution in [3.8, 4) is 11.3 Å². The average Bonchev–Trinajstić information content (AvgIpc) is 3.50. The van der Waals surface area contributed by atoms with Crippen molar-refractivity contribution in [1.82, 2.24) is 4.90 Å². The third kappa shape index (κ3) is 4.47.